The number of carboxylic acids is 1. The van der Waals surface area contributed by atoms with Crippen molar-refractivity contribution in [2.24, 2.45) is 0 Å². The first-order valence-corrected chi connectivity index (χ1v) is 10.6. The van der Waals surface area contributed by atoms with Gasteiger partial charge in [0, 0.05) is 17.8 Å². The molecule has 30 heavy (non-hydrogen) atoms. The van der Waals surface area contributed by atoms with Crippen molar-refractivity contribution in [2.45, 2.75) is 11.3 Å². The number of carboxylic acid groups (broad SMARTS) is 1. The normalized spacial score (nSPS) is 13.0. The van der Waals surface area contributed by atoms with Crippen LogP contribution in [0.15, 0.2) is 77.7 Å². The zero-order chi connectivity index (χ0) is 21.3. The van der Waals surface area contributed by atoms with Crippen LogP contribution in [0.2, 0.25) is 0 Å². The molecule has 3 aromatic carbocycles. The summed E-state index contributed by atoms with van der Waals surface area (Å²) in [7, 11) is -3.83. The molecule has 8 heteroatoms. The number of benzene rings is 3. The van der Waals surface area contributed by atoms with Gasteiger partial charge in [-0.3, -0.25) is 9.10 Å². The number of sulfonamides is 1. The van der Waals surface area contributed by atoms with Crippen LogP contribution < -0.4 is 14.7 Å². The number of aromatic carboxylic acids is 1. The Bertz CT molecular complexity index is 1250. The van der Waals surface area contributed by atoms with Gasteiger partial charge in [0.05, 0.1) is 16.6 Å². The molecule has 1 aliphatic heterocycles. The van der Waals surface area contributed by atoms with E-state index in [1.807, 2.05) is 12.1 Å². The Morgan fingerprint density at radius 3 is 2.43 bits per heavy atom. The highest BCUT2D eigenvalue weighted by Gasteiger charge is 2.30. The fraction of sp³-hybridized carbons (Fsp3) is 0.0909. The van der Waals surface area contributed by atoms with Crippen molar-refractivity contribution >= 4 is 33.3 Å². The molecular formula is C22H17N2O5S-. The molecule has 7 nitrogen and oxygen atoms in total. The van der Waals surface area contributed by atoms with E-state index in [4.69, 9.17) is 0 Å². The monoisotopic (exact) mass is 421 g/mol. The SMILES string of the molecule is O=C([O-])c1cccc(NC(=O)c2cccc(S(=O)(=O)N3CCc4ccccc43)c2)c1. The van der Waals surface area contributed by atoms with E-state index in [2.05, 4.69) is 5.32 Å². The number of hydrogen-bond donors (Lipinski definition) is 1. The molecule has 0 atom stereocenters. The van der Waals surface area contributed by atoms with Crippen LogP contribution in [0.1, 0.15) is 26.3 Å². The third kappa shape index (κ3) is 3.65. The van der Waals surface area contributed by atoms with E-state index in [0.29, 0.717) is 18.7 Å². The van der Waals surface area contributed by atoms with Gasteiger partial charge in [-0.05, 0) is 53.9 Å². The average molecular weight is 421 g/mol. The van der Waals surface area contributed by atoms with E-state index < -0.39 is 21.9 Å². The van der Waals surface area contributed by atoms with Crippen molar-refractivity contribution in [2.75, 3.05) is 16.2 Å². The van der Waals surface area contributed by atoms with Gasteiger partial charge < -0.3 is 15.2 Å². The summed E-state index contributed by atoms with van der Waals surface area (Å²) < 4.78 is 27.7. The number of para-hydroxylation sites is 1. The standard InChI is InChI=1S/C22H18N2O5S/c25-21(23-18-8-3-7-17(13-18)22(26)27)16-6-4-9-19(14-16)30(28,29)24-12-11-15-5-1-2-10-20(15)24/h1-10,13-14H,11-12H2,(H,23,25)(H,26,27)/p-1. The molecule has 0 fully saturated rings. The molecule has 1 heterocycles. The van der Waals surface area contributed by atoms with Crippen molar-refractivity contribution in [1.29, 1.82) is 0 Å². The van der Waals surface area contributed by atoms with Gasteiger partial charge in [-0.25, -0.2) is 8.42 Å². The Morgan fingerprint density at radius 1 is 0.900 bits per heavy atom. The number of nitrogens with one attached hydrogen (secondary N) is 1. The van der Waals surface area contributed by atoms with Gasteiger partial charge in [-0.15, -0.1) is 0 Å². The first-order chi connectivity index (χ1) is 14.4. The lowest BCUT2D eigenvalue weighted by molar-refractivity contribution is -0.255. The van der Waals surface area contributed by atoms with Gasteiger partial charge in [-0.1, -0.05) is 36.4 Å². The molecule has 0 aromatic heterocycles. The van der Waals surface area contributed by atoms with Crippen molar-refractivity contribution in [3.8, 4) is 0 Å². The van der Waals surface area contributed by atoms with Crippen LogP contribution in [0.5, 0.6) is 0 Å². The fourth-order valence-electron chi connectivity index (χ4n) is 3.41. The number of carbonyl (C=O) groups is 2. The summed E-state index contributed by atoms with van der Waals surface area (Å²) >= 11 is 0. The highest BCUT2D eigenvalue weighted by molar-refractivity contribution is 7.92. The summed E-state index contributed by atoms with van der Waals surface area (Å²) in [5, 5.41) is 13.6. The number of rotatable bonds is 5. The Labute approximate surface area is 173 Å². The van der Waals surface area contributed by atoms with Crippen LogP contribution in [0.3, 0.4) is 0 Å². The maximum absolute atomic E-state index is 13.2. The summed E-state index contributed by atoms with van der Waals surface area (Å²) in [5.41, 5.74) is 1.94. The van der Waals surface area contributed by atoms with Crippen LogP contribution in [0, 0.1) is 0 Å². The number of nitrogens with zero attached hydrogens (tertiary/aromatic N) is 1. The molecule has 152 valence electrons. The molecule has 0 saturated carbocycles. The van der Waals surface area contributed by atoms with Gasteiger partial charge in [0.15, 0.2) is 0 Å². The molecule has 3 aromatic rings. The molecule has 1 N–H and O–H groups in total. The maximum Gasteiger partial charge on any atom is 0.264 e. The Balaban J connectivity index is 1.60. The van der Waals surface area contributed by atoms with E-state index >= 15 is 0 Å². The highest BCUT2D eigenvalue weighted by atomic mass is 32.2. The summed E-state index contributed by atoms with van der Waals surface area (Å²) in [5.74, 6) is -1.91. The molecule has 0 bridgehead atoms. The molecule has 0 unspecified atom stereocenters. The molecule has 0 spiro atoms. The van der Waals surface area contributed by atoms with Crippen molar-refractivity contribution < 1.29 is 23.1 Å². The molecule has 0 radical (unpaired) electrons. The first kappa shape index (κ1) is 19.7. The van der Waals surface area contributed by atoms with Crippen LogP contribution in [0.25, 0.3) is 0 Å². The lowest BCUT2D eigenvalue weighted by atomic mass is 10.2. The zero-order valence-electron chi connectivity index (χ0n) is 15.7. The first-order valence-electron chi connectivity index (χ1n) is 9.20. The molecule has 4 rings (SSSR count). The van der Waals surface area contributed by atoms with E-state index in [1.54, 1.807) is 12.1 Å². The van der Waals surface area contributed by atoms with Gasteiger partial charge in [0.2, 0.25) is 0 Å². The average Bonchev–Trinajstić information content (AvgIpc) is 3.19. The lowest BCUT2D eigenvalue weighted by Gasteiger charge is -2.20. The Morgan fingerprint density at radius 2 is 1.63 bits per heavy atom. The Hall–Kier alpha value is -3.65. The van der Waals surface area contributed by atoms with Crippen LogP contribution in [0.4, 0.5) is 11.4 Å². The van der Waals surface area contributed by atoms with Gasteiger partial charge in [0.1, 0.15) is 0 Å². The van der Waals surface area contributed by atoms with Crippen molar-refractivity contribution in [1.82, 2.24) is 0 Å². The number of fused-ring (bicyclic) bond motifs is 1. The largest absolute Gasteiger partial charge is 0.545 e. The third-order valence-corrected chi connectivity index (χ3v) is 6.69. The van der Waals surface area contributed by atoms with Crippen molar-refractivity contribution in [3.63, 3.8) is 0 Å². The second kappa shape index (κ2) is 7.64. The fourth-order valence-corrected chi connectivity index (χ4v) is 4.96. The molecular weight excluding hydrogens is 404 g/mol. The van der Waals surface area contributed by atoms with E-state index in [1.165, 1.54) is 52.8 Å². The summed E-state index contributed by atoms with van der Waals surface area (Å²) in [6.45, 7) is 0.341. The molecule has 1 amide bonds. The van der Waals surface area contributed by atoms with E-state index in [9.17, 15) is 23.1 Å². The Kier molecular flexibility index (Phi) is 5.01. The second-order valence-electron chi connectivity index (χ2n) is 6.81. The number of carbonyl (C=O) groups excluding carboxylic acids is 2. The van der Waals surface area contributed by atoms with E-state index in [0.717, 1.165) is 5.56 Å². The minimum absolute atomic E-state index is 0.00957. The predicted molar refractivity (Wildman–Crippen MR) is 110 cm³/mol. The molecule has 0 saturated heterocycles. The van der Waals surface area contributed by atoms with Crippen LogP contribution in [-0.2, 0) is 16.4 Å². The predicted octanol–water partition coefficient (Wildman–Crippen LogP) is 2.05. The minimum Gasteiger partial charge on any atom is -0.545 e. The van der Waals surface area contributed by atoms with Crippen LogP contribution >= 0.6 is 0 Å². The topological polar surface area (TPSA) is 107 Å². The smallest absolute Gasteiger partial charge is 0.264 e. The lowest BCUT2D eigenvalue weighted by Crippen LogP contribution is -2.29. The summed E-state index contributed by atoms with van der Waals surface area (Å²) in [6.07, 6.45) is 0.629. The number of anilines is 2. The minimum atomic E-state index is -3.83. The maximum atomic E-state index is 13.2. The highest BCUT2D eigenvalue weighted by Crippen LogP contribution is 2.32. The van der Waals surface area contributed by atoms with Crippen LogP contribution in [-0.4, -0.2) is 26.8 Å². The van der Waals surface area contributed by atoms with Gasteiger partial charge in [0.25, 0.3) is 15.9 Å². The van der Waals surface area contributed by atoms with Gasteiger partial charge in [-0.2, -0.15) is 0 Å². The van der Waals surface area contributed by atoms with E-state index in [-0.39, 0.29) is 21.7 Å². The zero-order valence-corrected chi connectivity index (χ0v) is 16.6. The van der Waals surface area contributed by atoms with Crippen molar-refractivity contribution in [3.05, 3.63) is 89.5 Å². The second-order valence-corrected chi connectivity index (χ2v) is 8.67. The number of amides is 1. The quantitative estimate of drug-likeness (QED) is 0.679. The van der Waals surface area contributed by atoms with Gasteiger partial charge >= 0.3 is 0 Å². The number of hydrogen-bond acceptors (Lipinski definition) is 5. The third-order valence-electron chi connectivity index (χ3n) is 4.88. The summed E-state index contributed by atoms with van der Waals surface area (Å²) in [6, 6.07) is 18.7. The molecule has 1 aliphatic rings. The summed E-state index contributed by atoms with van der Waals surface area (Å²) in [4.78, 5) is 23.6. The molecule has 0 aliphatic carbocycles.